The fourth-order valence-corrected chi connectivity index (χ4v) is 1.38. The SMILES string of the molecule is C=C(CCCCNC(C)C)NCCCC. The van der Waals surface area contributed by atoms with Crippen LogP contribution < -0.4 is 10.6 Å². The van der Waals surface area contributed by atoms with Gasteiger partial charge in [-0.3, -0.25) is 0 Å². The van der Waals surface area contributed by atoms with Crippen molar-refractivity contribution < 1.29 is 0 Å². The molecule has 0 aromatic heterocycles. The third-order valence-corrected chi connectivity index (χ3v) is 2.36. The molecular weight excluding hydrogens is 184 g/mol. The minimum Gasteiger partial charge on any atom is -0.389 e. The zero-order valence-corrected chi connectivity index (χ0v) is 10.7. The standard InChI is InChI=1S/C13H28N2/c1-5-6-10-15-13(4)9-7-8-11-14-12(2)3/h12,14-15H,4-11H2,1-3H3. The van der Waals surface area contributed by atoms with E-state index >= 15 is 0 Å². The van der Waals surface area contributed by atoms with Gasteiger partial charge in [-0.05, 0) is 32.2 Å². The maximum absolute atomic E-state index is 4.03. The zero-order chi connectivity index (χ0) is 11.5. The molecule has 2 nitrogen and oxygen atoms in total. The summed E-state index contributed by atoms with van der Waals surface area (Å²) in [5.41, 5.74) is 1.20. The summed E-state index contributed by atoms with van der Waals surface area (Å²) < 4.78 is 0. The molecule has 0 aliphatic heterocycles. The monoisotopic (exact) mass is 212 g/mol. The first-order valence-electron chi connectivity index (χ1n) is 6.31. The Morgan fingerprint density at radius 3 is 2.47 bits per heavy atom. The van der Waals surface area contributed by atoms with Crippen LogP contribution in [-0.4, -0.2) is 19.1 Å². The Kier molecular flexibility index (Phi) is 9.70. The molecule has 2 N–H and O–H groups in total. The minimum absolute atomic E-state index is 0.607. The first kappa shape index (κ1) is 14.5. The van der Waals surface area contributed by atoms with Gasteiger partial charge < -0.3 is 10.6 Å². The topological polar surface area (TPSA) is 24.1 Å². The molecule has 0 bridgehead atoms. The molecule has 0 saturated carbocycles. The largest absolute Gasteiger partial charge is 0.389 e. The highest BCUT2D eigenvalue weighted by atomic mass is 14.9. The van der Waals surface area contributed by atoms with Crippen LogP contribution in [0.25, 0.3) is 0 Å². The van der Waals surface area contributed by atoms with Crippen LogP contribution in [0.5, 0.6) is 0 Å². The molecule has 0 saturated heterocycles. The zero-order valence-electron chi connectivity index (χ0n) is 10.7. The Balaban J connectivity index is 3.17. The molecule has 0 heterocycles. The van der Waals surface area contributed by atoms with Gasteiger partial charge in [-0.15, -0.1) is 0 Å². The second kappa shape index (κ2) is 10.0. The summed E-state index contributed by atoms with van der Waals surface area (Å²) in [6, 6.07) is 0.607. The molecule has 0 unspecified atom stereocenters. The van der Waals surface area contributed by atoms with Gasteiger partial charge in [0, 0.05) is 18.3 Å². The van der Waals surface area contributed by atoms with E-state index in [9.17, 15) is 0 Å². The van der Waals surface area contributed by atoms with Crippen molar-refractivity contribution in [1.82, 2.24) is 10.6 Å². The number of unbranched alkanes of at least 4 members (excludes halogenated alkanes) is 2. The third kappa shape index (κ3) is 11.4. The Labute approximate surface area is 95.5 Å². The van der Waals surface area contributed by atoms with Gasteiger partial charge in [0.05, 0.1) is 0 Å². The lowest BCUT2D eigenvalue weighted by atomic mass is 10.2. The van der Waals surface area contributed by atoms with E-state index in [0.29, 0.717) is 6.04 Å². The minimum atomic E-state index is 0.607. The predicted molar refractivity (Wildman–Crippen MR) is 69.0 cm³/mol. The molecule has 0 aromatic carbocycles. The molecular formula is C13H28N2. The van der Waals surface area contributed by atoms with Gasteiger partial charge in [0.1, 0.15) is 0 Å². The third-order valence-electron chi connectivity index (χ3n) is 2.36. The lowest BCUT2D eigenvalue weighted by Crippen LogP contribution is -2.23. The van der Waals surface area contributed by atoms with Crippen molar-refractivity contribution in [2.75, 3.05) is 13.1 Å². The van der Waals surface area contributed by atoms with Crippen LogP contribution in [0.4, 0.5) is 0 Å². The summed E-state index contributed by atoms with van der Waals surface area (Å²) >= 11 is 0. The molecule has 0 spiro atoms. The first-order valence-corrected chi connectivity index (χ1v) is 6.31. The highest BCUT2D eigenvalue weighted by Gasteiger charge is 1.95. The van der Waals surface area contributed by atoms with Crippen LogP contribution in [0.15, 0.2) is 12.3 Å². The molecule has 0 aliphatic rings. The highest BCUT2D eigenvalue weighted by Crippen LogP contribution is 2.02. The van der Waals surface area contributed by atoms with Crippen LogP contribution in [0, 0.1) is 0 Å². The Morgan fingerprint density at radius 2 is 1.87 bits per heavy atom. The van der Waals surface area contributed by atoms with E-state index < -0.39 is 0 Å². The van der Waals surface area contributed by atoms with Crippen molar-refractivity contribution in [1.29, 1.82) is 0 Å². The molecule has 0 aromatic rings. The first-order chi connectivity index (χ1) is 7.16. The molecule has 0 amide bonds. The molecule has 15 heavy (non-hydrogen) atoms. The van der Waals surface area contributed by atoms with Crippen LogP contribution in [0.1, 0.15) is 52.9 Å². The van der Waals surface area contributed by atoms with Crippen molar-refractivity contribution in [2.45, 2.75) is 58.9 Å². The van der Waals surface area contributed by atoms with Crippen LogP contribution in [0.3, 0.4) is 0 Å². The average molecular weight is 212 g/mol. The van der Waals surface area contributed by atoms with Gasteiger partial charge in [0.25, 0.3) is 0 Å². The van der Waals surface area contributed by atoms with Gasteiger partial charge in [-0.25, -0.2) is 0 Å². The molecule has 0 fully saturated rings. The van der Waals surface area contributed by atoms with E-state index in [2.05, 4.69) is 38.0 Å². The van der Waals surface area contributed by atoms with Gasteiger partial charge in [-0.2, -0.15) is 0 Å². The number of hydrogen-bond acceptors (Lipinski definition) is 2. The quantitative estimate of drug-likeness (QED) is 0.544. The fraction of sp³-hybridized carbons (Fsp3) is 0.846. The number of hydrogen-bond donors (Lipinski definition) is 2. The Morgan fingerprint density at radius 1 is 1.13 bits per heavy atom. The lowest BCUT2D eigenvalue weighted by Gasteiger charge is -2.10. The van der Waals surface area contributed by atoms with E-state index in [1.807, 2.05) is 0 Å². The second-order valence-electron chi connectivity index (χ2n) is 4.45. The number of allylic oxidation sites excluding steroid dienone is 1. The van der Waals surface area contributed by atoms with Crippen molar-refractivity contribution in [3.05, 3.63) is 12.3 Å². The molecule has 0 rings (SSSR count). The lowest BCUT2D eigenvalue weighted by molar-refractivity contribution is 0.552. The van der Waals surface area contributed by atoms with Gasteiger partial charge in [0.15, 0.2) is 0 Å². The fourth-order valence-electron chi connectivity index (χ4n) is 1.38. The average Bonchev–Trinajstić information content (AvgIpc) is 2.17. The van der Waals surface area contributed by atoms with E-state index in [-0.39, 0.29) is 0 Å². The molecule has 0 radical (unpaired) electrons. The van der Waals surface area contributed by atoms with Crippen LogP contribution in [0.2, 0.25) is 0 Å². The second-order valence-corrected chi connectivity index (χ2v) is 4.45. The van der Waals surface area contributed by atoms with E-state index in [1.165, 1.54) is 31.4 Å². The maximum atomic E-state index is 4.03. The summed E-state index contributed by atoms with van der Waals surface area (Å²) in [7, 11) is 0. The molecule has 2 heteroatoms. The molecule has 0 aliphatic carbocycles. The molecule has 90 valence electrons. The van der Waals surface area contributed by atoms with Crippen molar-refractivity contribution in [3.63, 3.8) is 0 Å². The van der Waals surface area contributed by atoms with Crippen LogP contribution >= 0.6 is 0 Å². The van der Waals surface area contributed by atoms with Crippen molar-refractivity contribution in [2.24, 2.45) is 0 Å². The van der Waals surface area contributed by atoms with Gasteiger partial charge >= 0.3 is 0 Å². The predicted octanol–water partition coefficient (Wildman–Crippen LogP) is 3.06. The summed E-state index contributed by atoms with van der Waals surface area (Å²) in [6.45, 7) is 12.8. The Bertz CT molecular complexity index is 153. The Hall–Kier alpha value is -0.500. The summed E-state index contributed by atoms with van der Waals surface area (Å²) in [5.74, 6) is 0. The van der Waals surface area contributed by atoms with E-state index in [4.69, 9.17) is 0 Å². The smallest absolute Gasteiger partial charge is 0.0143 e. The van der Waals surface area contributed by atoms with Crippen LogP contribution in [-0.2, 0) is 0 Å². The van der Waals surface area contributed by atoms with Crippen molar-refractivity contribution >= 4 is 0 Å². The molecule has 0 atom stereocenters. The maximum Gasteiger partial charge on any atom is 0.0143 e. The number of rotatable bonds is 10. The van der Waals surface area contributed by atoms with Gasteiger partial charge in [0.2, 0.25) is 0 Å². The normalized spacial score (nSPS) is 10.7. The van der Waals surface area contributed by atoms with E-state index in [1.54, 1.807) is 0 Å². The summed E-state index contributed by atoms with van der Waals surface area (Å²) in [5, 5.41) is 6.79. The summed E-state index contributed by atoms with van der Waals surface area (Å²) in [6.07, 6.45) is 6.08. The van der Waals surface area contributed by atoms with E-state index in [0.717, 1.165) is 19.5 Å². The van der Waals surface area contributed by atoms with Gasteiger partial charge in [-0.1, -0.05) is 33.8 Å². The highest BCUT2D eigenvalue weighted by molar-refractivity contribution is 4.90. The number of nitrogens with one attached hydrogen (secondary N) is 2. The van der Waals surface area contributed by atoms with Crippen molar-refractivity contribution in [3.8, 4) is 0 Å². The summed E-state index contributed by atoms with van der Waals surface area (Å²) in [4.78, 5) is 0.